The summed E-state index contributed by atoms with van der Waals surface area (Å²) >= 11 is 20.2. The fraction of sp³-hybridized carbons (Fsp3) is 0.167. The zero-order chi connectivity index (χ0) is 22.7. The maximum atomic E-state index is 13.0. The predicted octanol–water partition coefficient (Wildman–Crippen LogP) is 6.56. The molecule has 2 aromatic carbocycles. The Morgan fingerprint density at radius 1 is 0.906 bits per heavy atom. The Hall–Kier alpha value is -2.18. The summed E-state index contributed by atoms with van der Waals surface area (Å²) in [6.07, 6.45) is 1.78. The van der Waals surface area contributed by atoms with E-state index >= 15 is 0 Å². The van der Waals surface area contributed by atoms with E-state index in [1.807, 2.05) is 41.3 Å². The van der Waals surface area contributed by atoms with Crippen LogP contribution in [0.1, 0.15) is 5.56 Å². The molecule has 1 saturated heterocycles. The molecule has 1 fully saturated rings. The number of anilines is 1. The highest BCUT2D eigenvalue weighted by Crippen LogP contribution is 2.39. The molecule has 3 aromatic rings. The van der Waals surface area contributed by atoms with Gasteiger partial charge in [0.05, 0.1) is 10.0 Å². The minimum absolute atomic E-state index is 0.0807. The van der Waals surface area contributed by atoms with Gasteiger partial charge in [0.2, 0.25) is 0 Å². The number of halogens is 3. The molecule has 4 rings (SSSR count). The van der Waals surface area contributed by atoms with E-state index in [0.29, 0.717) is 39.3 Å². The molecule has 1 aliphatic heterocycles. The first-order valence-electron chi connectivity index (χ1n) is 9.99. The van der Waals surface area contributed by atoms with Gasteiger partial charge in [0, 0.05) is 52.8 Å². The molecule has 1 aromatic heterocycles. The molecule has 0 aliphatic carbocycles. The number of carbonyl (C=O) groups is 1. The van der Waals surface area contributed by atoms with Gasteiger partial charge in [-0.1, -0.05) is 65.3 Å². The topological polar surface area (TPSA) is 36.4 Å². The normalized spacial score (nSPS) is 13.8. The number of aromatic nitrogens is 1. The van der Waals surface area contributed by atoms with Gasteiger partial charge in [-0.05, 0) is 48.0 Å². The molecule has 0 saturated carbocycles. The number of rotatable bonds is 5. The third kappa shape index (κ3) is 5.24. The van der Waals surface area contributed by atoms with E-state index in [4.69, 9.17) is 34.8 Å². The lowest BCUT2D eigenvalue weighted by molar-refractivity contribution is -0.125. The zero-order valence-electron chi connectivity index (χ0n) is 17.1. The van der Waals surface area contributed by atoms with Crippen LogP contribution in [0.2, 0.25) is 15.1 Å². The maximum Gasteiger partial charge on any atom is 0.253 e. The third-order valence-electron chi connectivity index (χ3n) is 5.19. The summed E-state index contributed by atoms with van der Waals surface area (Å²) in [6, 6.07) is 16.7. The summed E-state index contributed by atoms with van der Waals surface area (Å²) in [5.74, 6) is 0.849. The van der Waals surface area contributed by atoms with E-state index < -0.39 is 0 Å². The van der Waals surface area contributed by atoms with Crippen molar-refractivity contribution in [2.45, 2.75) is 9.79 Å². The first-order chi connectivity index (χ1) is 15.4. The van der Waals surface area contributed by atoms with E-state index in [0.717, 1.165) is 28.7 Å². The van der Waals surface area contributed by atoms with Crippen molar-refractivity contribution >= 4 is 63.9 Å². The summed E-state index contributed by atoms with van der Waals surface area (Å²) in [5, 5.41) is 1.68. The molecule has 0 bridgehead atoms. The van der Waals surface area contributed by atoms with Gasteiger partial charge in [-0.2, -0.15) is 0 Å². The fourth-order valence-corrected chi connectivity index (χ4v) is 5.08. The Kier molecular flexibility index (Phi) is 7.31. The zero-order valence-corrected chi connectivity index (χ0v) is 20.2. The van der Waals surface area contributed by atoms with Crippen molar-refractivity contribution < 1.29 is 4.79 Å². The van der Waals surface area contributed by atoms with E-state index in [2.05, 4.69) is 16.5 Å². The van der Waals surface area contributed by atoms with Crippen molar-refractivity contribution in [2.75, 3.05) is 31.1 Å². The van der Waals surface area contributed by atoms with Crippen molar-refractivity contribution in [3.05, 3.63) is 88.0 Å². The molecule has 1 amide bonds. The lowest BCUT2D eigenvalue weighted by Gasteiger charge is -2.35. The first kappa shape index (κ1) is 23.0. The van der Waals surface area contributed by atoms with Gasteiger partial charge in [0.25, 0.3) is 5.91 Å². The van der Waals surface area contributed by atoms with Crippen LogP contribution in [0.25, 0.3) is 5.57 Å². The van der Waals surface area contributed by atoms with E-state index in [-0.39, 0.29) is 5.91 Å². The minimum Gasteiger partial charge on any atom is -0.353 e. The second-order valence-corrected chi connectivity index (χ2v) is 9.60. The lowest BCUT2D eigenvalue weighted by Crippen LogP contribution is -2.49. The highest BCUT2D eigenvalue weighted by atomic mass is 35.5. The largest absolute Gasteiger partial charge is 0.353 e. The van der Waals surface area contributed by atoms with Gasteiger partial charge < -0.3 is 9.80 Å². The van der Waals surface area contributed by atoms with Crippen LogP contribution >= 0.6 is 46.6 Å². The van der Waals surface area contributed by atoms with E-state index in [9.17, 15) is 4.79 Å². The number of benzene rings is 2. The number of pyridine rings is 1. The van der Waals surface area contributed by atoms with Crippen molar-refractivity contribution in [2.24, 2.45) is 0 Å². The summed E-state index contributed by atoms with van der Waals surface area (Å²) < 4.78 is 0. The second-order valence-electron chi connectivity index (χ2n) is 7.27. The van der Waals surface area contributed by atoms with Gasteiger partial charge in [0.1, 0.15) is 5.82 Å². The molecule has 0 unspecified atom stereocenters. The van der Waals surface area contributed by atoms with Gasteiger partial charge in [0.15, 0.2) is 0 Å². The third-order valence-corrected chi connectivity index (χ3v) is 7.43. The van der Waals surface area contributed by atoms with Crippen LogP contribution in [-0.4, -0.2) is 42.0 Å². The Balaban J connectivity index is 1.41. The number of hydrogen-bond donors (Lipinski definition) is 0. The summed E-state index contributed by atoms with van der Waals surface area (Å²) in [5.41, 5.74) is 1.14. The number of carbonyl (C=O) groups excluding carboxylic acids is 1. The lowest BCUT2D eigenvalue weighted by atomic mass is 10.1. The first-order valence-corrected chi connectivity index (χ1v) is 11.9. The number of piperazine rings is 1. The van der Waals surface area contributed by atoms with Crippen LogP contribution in [0.3, 0.4) is 0 Å². The van der Waals surface area contributed by atoms with Crippen LogP contribution < -0.4 is 4.90 Å². The smallest absolute Gasteiger partial charge is 0.253 e. The molecular formula is C24H20Cl3N3OS. The Morgan fingerprint density at radius 2 is 1.59 bits per heavy atom. The highest BCUT2D eigenvalue weighted by Gasteiger charge is 2.24. The van der Waals surface area contributed by atoms with E-state index in [1.165, 1.54) is 11.8 Å². The Labute approximate surface area is 206 Å². The average molecular weight is 505 g/mol. The molecule has 4 nitrogen and oxygen atoms in total. The van der Waals surface area contributed by atoms with Crippen LogP contribution in [0.4, 0.5) is 5.82 Å². The van der Waals surface area contributed by atoms with Gasteiger partial charge in [-0.25, -0.2) is 4.98 Å². The van der Waals surface area contributed by atoms with Crippen LogP contribution in [0.15, 0.2) is 77.2 Å². The van der Waals surface area contributed by atoms with Crippen molar-refractivity contribution in [1.82, 2.24) is 9.88 Å². The molecule has 2 heterocycles. The summed E-state index contributed by atoms with van der Waals surface area (Å²) in [7, 11) is 0. The molecule has 0 N–H and O–H groups in total. The second kappa shape index (κ2) is 10.2. The van der Waals surface area contributed by atoms with Crippen molar-refractivity contribution in [3.8, 4) is 0 Å². The molecule has 0 atom stereocenters. The van der Waals surface area contributed by atoms with Crippen molar-refractivity contribution in [3.63, 3.8) is 0 Å². The van der Waals surface area contributed by atoms with Gasteiger partial charge in [-0.3, -0.25) is 4.79 Å². The fourth-order valence-electron chi connectivity index (χ4n) is 3.44. The molecule has 8 heteroatoms. The van der Waals surface area contributed by atoms with Crippen LogP contribution in [0.5, 0.6) is 0 Å². The Morgan fingerprint density at radius 3 is 2.22 bits per heavy atom. The quantitative estimate of drug-likeness (QED) is 0.369. The Bertz CT molecular complexity index is 1150. The monoisotopic (exact) mass is 503 g/mol. The predicted molar refractivity (Wildman–Crippen MR) is 134 cm³/mol. The van der Waals surface area contributed by atoms with E-state index in [1.54, 1.807) is 24.4 Å². The standard InChI is InChI=1S/C24H20Cl3N3OS/c1-16(24(31)30-12-10-29(11-13-30)23-4-2-3-9-28-23)17-5-7-21(19(26)14-17)32-22-8-6-18(25)15-20(22)27/h2-9,14-15H,1,10-13H2. The number of nitrogens with zero attached hydrogens (tertiary/aromatic N) is 3. The highest BCUT2D eigenvalue weighted by molar-refractivity contribution is 7.99. The minimum atomic E-state index is -0.0807. The molecule has 32 heavy (non-hydrogen) atoms. The van der Waals surface area contributed by atoms with Gasteiger partial charge in [-0.15, -0.1) is 0 Å². The number of amides is 1. The maximum absolute atomic E-state index is 13.0. The molecule has 164 valence electrons. The molecule has 1 aliphatic rings. The molecule has 0 spiro atoms. The van der Waals surface area contributed by atoms with Crippen LogP contribution in [0, 0.1) is 0 Å². The molecular weight excluding hydrogens is 485 g/mol. The molecule has 0 radical (unpaired) electrons. The van der Waals surface area contributed by atoms with Gasteiger partial charge >= 0.3 is 0 Å². The SMILES string of the molecule is C=C(C(=O)N1CCN(c2ccccn2)CC1)c1ccc(Sc2ccc(Cl)cc2Cl)c(Cl)c1. The average Bonchev–Trinajstić information content (AvgIpc) is 2.81. The summed E-state index contributed by atoms with van der Waals surface area (Å²) in [4.78, 5) is 23.1. The number of hydrogen-bond acceptors (Lipinski definition) is 4. The van der Waals surface area contributed by atoms with Crippen LogP contribution in [-0.2, 0) is 4.79 Å². The summed E-state index contributed by atoms with van der Waals surface area (Å²) in [6.45, 7) is 6.73. The van der Waals surface area contributed by atoms with Crippen molar-refractivity contribution in [1.29, 1.82) is 0 Å².